The Balaban J connectivity index is 1.57. The van der Waals surface area contributed by atoms with Crippen molar-refractivity contribution >= 4 is 31.8 Å². The normalized spacial score (nSPS) is 15.4. The van der Waals surface area contributed by atoms with Gasteiger partial charge in [0.15, 0.2) is 9.84 Å². The summed E-state index contributed by atoms with van der Waals surface area (Å²) in [6.07, 6.45) is 8.71. The number of pyridine rings is 2. The van der Waals surface area contributed by atoms with Gasteiger partial charge in [-0.05, 0) is 72.4 Å². The number of imidazole rings is 1. The standard InChI is InChI=1S/C27H24N4O3S/c1-30-24-17-29-23-9-4-19(18-10-14-28-15-11-18)16-22(23)25(24)31(26(30)32)21-7-5-20(6-8-21)27(12-3-13-27)35(2,33)34/h4-11,14-17H,3,12-13H2,1-2H3. The van der Waals surface area contributed by atoms with Crippen LogP contribution in [0.3, 0.4) is 0 Å². The average molecular weight is 485 g/mol. The molecule has 0 unspecified atom stereocenters. The van der Waals surface area contributed by atoms with Crippen LogP contribution < -0.4 is 5.69 Å². The van der Waals surface area contributed by atoms with Gasteiger partial charge in [0.1, 0.15) is 0 Å². The van der Waals surface area contributed by atoms with Gasteiger partial charge < -0.3 is 0 Å². The van der Waals surface area contributed by atoms with Crippen LogP contribution in [0.5, 0.6) is 0 Å². The summed E-state index contributed by atoms with van der Waals surface area (Å²) >= 11 is 0. The molecule has 8 heteroatoms. The number of hydrogen-bond acceptors (Lipinski definition) is 5. The SMILES string of the molecule is Cn1c(=O)n(-c2ccc(C3(S(C)(=O)=O)CCC3)cc2)c2c3cc(-c4ccncc4)ccc3ncc21. The number of nitrogens with zero attached hydrogens (tertiary/aromatic N) is 4. The zero-order valence-corrected chi connectivity index (χ0v) is 20.3. The fourth-order valence-electron chi connectivity index (χ4n) is 5.25. The van der Waals surface area contributed by atoms with E-state index >= 15 is 0 Å². The summed E-state index contributed by atoms with van der Waals surface area (Å²) in [6, 6.07) is 17.3. The summed E-state index contributed by atoms with van der Waals surface area (Å²) in [5.41, 5.74) is 5.61. The molecule has 1 saturated carbocycles. The van der Waals surface area contributed by atoms with E-state index in [4.69, 9.17) is 0 Å². The van der Waals surface area contributed by atoms with Crippen molar-refractivity contribution in [3.8, 4) is 16.8 Å². The van der Waals surface area contributed by atoms with Crippen molar-refractivity contribution in [1.29, 1.82) is 0 Å². The molecule has 35 heavy (non-hydrogen) atoms. The van der Waals surface area contributed by atoms with E-state index < -0.39 is 14.6 Å². The van der Waals surface area contributed by atoms with Gasteiger partial charge in [0.05, 0.1) is 33.2 Å². The van der Waals surface area contributed by atoms with Crippen LogP contribution in [0, 0.1) is 0 Å². The monoisotopic (exact) mass is 484 g/mol. The molecule has 0 radical (unpaired) electrons. The van der Waals surface area contributed by atoms with Gasteiger partial charge in [0.2, 0.25) is 0 Å². The maximum atomic E-state index is 13.4. The Labute approximate surface area is 202 Å². The summed E-state index contributed by atoms with van der Waals surface area (Å²) < 4.78 is 27.6. The molecule has 3 aromatic heterocycles. The van der Waals surface area contributed by atoms with Gasteiger partial charge in [-0.15, -0.1) is 0 Å². The van der Waals surface area contributed by atoms with Crippen molar-refractivity contribution in [3.05, 3.63) is 89.2 Å². The van der Waals surface area contributed by atoms with Crippen LogP contribution >= 0.6 is 0 Å². The Morgan fingerprint density at radius 1 is 0.943 bits per heavy atom. The minimum Gasteiger partial charge on any atom is -0.293 e. The first-order valence-corrected chi connectivity index (χ1v) is 13.4. The van der Waals surface area contributed by atoms with E-state index in [0.717, 1.165) is 45.0 Å². The quantitative estimate of drug-likeness (QED) is 0.378. The molecular weight excluding hydrogens is 460 g/mol. The van der Waals surface area contributed by atoms with E-state index in [2.05, 4.69) is 16.0 Å². The number of hydrogen-bond donors (Lipinski definition) is 0. The highest BCUT2D eigenvalue weighted by Crippen LogP contribution is 2.47. The van der Waals surface area contributed by atoms with Crippen LogP contribution in [0.1, 0.15) is 24.8 Å². The predicted molar refractivity (Wildman–Crippen MR) is 137 cm³/mol. The molecule has 6 rings (SSSR count). The van der Waals surface area contributed by atoms with Crippen molar-refractivity contribution in [3.63, 3.8) is 0 Å². The molecule has 1 aliphatic carbocycles. The fraction of sp³-hybridized carbons (Fsp3) is 0.222. The van der Waals surface area contributed by atoms with E-state index in [-0.39, 0.29) is 5.69 Å². The number of benzene rings is 2. The molecule has 176 valence electrons. The number of aromatic nitrogens is 4. The molecule has 5 aromatic rings. The van der Waals surface area contributed by atoms with Crippen LogP contribution in [0.2, 0.25) is 0 Å². The second-order valence-corrected chi connectivity index (χ2v) is 11.6. The molecule has 0 bridgehead atoms. The number of sulfone groups is 1. The van der Waals surface area contributed by atoms with Gasteiger partial charge >= 0.3 is 5.69 Å². The third kappa shape index (κ3) is 3.16. The first-order chi connectivity index (χ1) is 16.8. The highest BCUT2D eigenvalue weighted by molar-refractivity contribution is 7.91. The molecule has 0 aliphatic heterocycles. The Morgan fingerprint density at radius 2 is 1.66 bits per heavy atom. The molecule has 0 atom stereocenters. The second kappa shape index (κ2) is 7.61. The number of rotatable bonds is 4. The van der Waals surface area contributed by atoms with E-state index in [1.54, 1.807) is 34.8 Å². The molecule has 1 fully saturated rings. The summed E-state index contributed by atoms with van der Waals surface area (Å²) in [6.45, 7) is 0. The van der Waals surface area contributed by atoms with Crippen LogP contribution in [0.25, 0.3) is 38.8 Å². The zero-order valence-electron chi connectivity index (χ0n) is 19.5. The Hall–Kier alpha value is -3.78. The van der Waals surface area contributed by atoms with Crippen molar-refractivity contribution < 1.29 is 8.42 Å². The first kappa shape index (κ1) is 21.7. The molecule has 1 aliphatic rings. The lowest BCUT2D eigenvalue weighted by molar-refractivity contribution is 0.346. The smallest absolute Gasteiger partial charge is 0.293 e. The molecule has 0 saturated heterocycles. The van der Waals surface area contributed by atoms with E-state index in [0.29, 0.717) is 18.5 Å². The fourth-order valence-corrected chi connectivity index (χ4v) is 6.84. The lowest BCUT2D eigenvalue weighted by Crippen LogP contribution is -2.41. The van der Waals surface area contributed by atoms with Gasteiger partial charge in [-0.2, -0.15) is 0 Å². The van der Waals surface area contributed by atoms with Crippen molar-refractivity contribution in [2.24, 2.45) is 7.05 Å². The van der Waals surface area contributed by atoms with Gasteiger partial charge in [0, 0.05) is 31.1 Å². The molecule has 2 aromatic carbocycles. The van der Waals surface area contributed by atoms with Crippen molar-refractivity contribution in [2.45, 2.75) is 24.0 Å². The Morgan fingerprint density at radius 3 is 2.29 bits per heavy atom. The van der Waals surface area contributed by atoms with Crippen LogP contribution in [-0.2, 0) is 21.6 Å². The molecule has 0 N–H and O–H groups in total. The highest BCUT2D eigenvalue weighted by Gasteiger charge is 2.47. The predicted octanol–water partition coefficient (Wildman–Crippen LogP) is 4.36. The van der Waals surface area contributed by atoms with Gasteiger partial charge in [-0.3, -0.25) is 19.1 Å². The zero-order chi connectivity index (χ0) is 24.4. The second-order valence-electron chi connectivity index (χ2n) is 9.30. The minimum absolute atomic E-state index is 0.183. The van der Waals surface area contributed by atoms with Crippen molar-refractivity contribution in [1.82, 2.24) is 19.1 Å². The third-order valence-corrected chi connectivity index (χ3v) is 9.48. The summed E-state index contributed by atoms with van der Waals surface area (Å²) in [5.74, 6) is 0. The lowest BCUT2D eigenvalue weighted by atomic mass is 9.79. The van der Waals surface area contributed by atoms with Gasteiger partial charge in [-0.1, -0.05) is 18.2 Å². The summed E-state index contributed by atoms with van der Waals surface area (Å²) in [5, 5.41) is 0.866. The van der Waals surface area contributed by atoms with Gasteiger partial charge in [-0.25, -0.2) is 13.2 Å². The van der Waals surface area contributed by atoms with Gasteiger partial charge in [0.25, 0.3) is 0 Å². The number of aryl methyl sites for hydroxylation is 1. The third-order valence-electron chi connectivity index (χ3n) is 7.42. The van der Waals surface area contributed by atoms with E-state index in [1.807, 2.05) is 48.5 Å². The summed E-state index contributed by atoms with van der Waals surface area (Å²) in [4.78, 5) is 22.1. The van der Waals surface area contributed by atoms with Crippen LogP contribution in [0.15, 0.2) is 78.0 Å². The molecule has 7 nitrogen and oxygen atoms in total. The summed E-state index contributed by atoms with van der Waals surface area (Å²) in [7, 11) is -1.50. The Kier molecular flexibility index (Phi) is 4.73. The van der Waals surface area contributed by atoms with Crippen molar-refractivity contribution in [2.75, 3.05) is 6.26 Å². The molecule has 0 spiro atoms. The maximum absolute atomic E-state index is 13.4. The van der Waals surface area contributed by atoms with Crippen LogP contribution in [0.4, 0.5) is 0 Å². The minimum atomic E-state index is -3.24. The van der Waals surface area contributed by atoms with Crippen LogP contribution in [-0.4, -0.2) is 33.8 Å². The topological polar surface area (TPSA) is 86.9 Å². The molecule has 0 amide bonds. The first-order valence-electron chi connectivity index (χ1n) is 11.5. The highest BCUT2D eigenvalue weighted by atomic mass is 32.2. The number of fused-ring (bicyclic) bond motifs is 3. The largest absolute Gasteiger partial charge is 0.333 e. The average Bonchev–Trinajstić information content (AvgIpc) is 3.08. The molecule has 3 heterocycles. The van der Waals surface area contributed by atoms with E-state index in [9.17, 15) is 13.2 Å². The van der Waals surface area contributed by atoms with E-state index in [1.165, 1.54) is 6.26 Å². The molecular formula is C27H24N4O3S. The lowest BCUT2D eigenvalue weighted by Gasteiger charge is -2.40. The maximum Gasteiger partial charge on any atom is 0.333 e. The Bertz CT molecular complexity index is 1770.